The molecular formula is C9H13AlO2. The minimum atomic E-state index is -0.0807. The first-order valence-corrected chi connectivity index (χ1v) is 5.32. The van der Waals surface area contributed by atoms with Gasteiger partial charge in [0.25, 0.3) is 5.97 Å². The second-order valence-electron chi connectivity index (χ2n) is 2.98. The predicted molar refractivity (Wildman–Crippen MR) is 50.7 cm³/mol. The number of hydrogen-bond acceptors (Lipinski definition) is 2. The molecule has 1 atom stereocenters. The monoisotopic (exact) mass is 180 g/mol. The maximum Gasteiger partial charge on any atom is 0.295 e. The first-order valence-electron chi connectivity index (χ1n) is 4.17. The Morgan fingerprint density at radius 3 is 2.67 bits per heavy atom. The Labute approximate surface area is 80.7 Å². The Morgan fingerprint density at radius 1 is 1.58 bits per heavy atom. The van der Waals surface area contributed by atoms with E-state index in [9.17, 15) is 4.79 Å². The standard InChI is InChI=1S/C9H11O2.Al.2H/c1-11-9(10)7-8-5-3-2-4-6-8;;;/h3-8H,2H2,1H3;;;. The second kappa shape index (κ2) is 4.49. The second-order valence-corrected chi connectivity index (χ2v) is 4.23. The SMILES string of the molecule is COC(=O)[C@@H]([AlH2])C1C=CCC=C1. The molecule has 0 saturated carbocycles. The summed E-state index contributed by atoms with van der Waals surface area (Å²) in [6.07, 6.45) is 9.37. The minimum absolute atomic E-state index is 0.0720. The summed E-state index contributed by atoms with van der Waals surface area (Å²) in [4.78, 5) is 11.2. The third-order valence-electron chi connectivity index (χ3n) is 2.14. The van der Waals surface area contributed by atoms with E-state index in [-0.39, 0.29) is 16.7 Å². The molecule has 0 heterocycles. The lowest BCUT2D eigenvalue weighted by molar-refractivity contribution is -0.140. The zero-order chi connectivity index (χ0) is 8.97. The van der Waals surface area contributed by atoms with Gasteiger partial charge in [0.05, 0.1) is 7.11 Å². The van der Waals surface area contributed by atoms with Gasteiger partial charge in [-0.1, -0.05) is 24.3 Å². The van der Waals surface area contributed by atoms with Crippen LogP contribution in [0.15, 0.2) is 24.3 Å². The maximum absolute atomic E-state index is 11.2. The van der Waals surface area contributed by atoms with Crippen molar-refractivity contribution in [1.82, 2.24) is 0 Å². The van der Waals surface area contributed by atoms with Crippen molar-refractivity contribution in [2.24, 2.45) is 5.92 Å². The van der Waals surface area contributed by atoms with Crippen LogP contribution in [-0.2, 0) is 9.53 Å². The predicted octanol–water partition coefficient (Wildman–Crippen LogP) is 0.713. The van der Waals surface area contributed by atoms with Crippen molar-refractivity contribution >= 4 is 22.3 Å². The van der Waals surface area contributed by atoms with Crippen molar-refractivity contribution in [3.8, 4) is 0 Å². The van der Waals surface area contributed by atoms with E-state index in [4.69, 9.17) is 4.74 Å². The summed E-state index contributed by atoms with van der Waals surface area (Å²) in [6.45, 7) is 0. The van der Waals surface area contributed by atoms with Gasteiger partial charge in [-0.2, -0.15) is 0 Å². The first-order chi connectivity index (χ1) is 5.75. The van der Waals surface area contributed by atoms with Crippen LogP contribution < -0.4 is 0 Å². The molecule has 0 amide bonds. The van der Waals surface area contributed by atoms with Gasteiger partial charge in [0.1, 0.15) is 0 Å². The molecule has 64 valence electrons. The average molecular weight is 180 g/mol. The van der Waals surface area contributed by atoms with Gasteiger partial charge >= 0.3 is 0 Å². The van der Waals surface area contributed by atoms with Crippen LogP contribution in [0.25, 0.3) is 0 Å². The summed E-state index contributed by atoms with van der Waals surface area (Å²) in [7, 11) is 1.45. The largest absolute Gasteiger partial charge is 0.470 e. The third-order valence-corrected chi connectivity index (χ3v) is 3.38. The lowest BCUT2D eigenvalue weighted by atomic mass is 9.99. The van der Waals surface area contributed by atoms with Gasteiger partial charge < -0.3 is 4.74 Å². The quantitative estimate of drug-likeness (QED) is 0.355. The summed E-state index contributed by atoms with van der Waals surface area (Å²) >= 11 is 0.847. The molecule has 0 fully saturated rings. The lowest BCUT2D eigenvalue weighted by Crippen LogP contribution is -2.17. The number of esters is 1. The van der Waals surface area contributed by atoms with Crippen molar-refractivity contribution < 1.29 is 9.53 Å². The van der Waals surface area contributed by atoms with Crippen LogP contribution in [0, 0.1) is 5.92 Å². The molecule has 0 N–H and O–H groups in total. The third kappa shape index (κ3) is 2.23. The number of methoxy groups -OCH3 is 1. The van der Waals surface area contributed by atoms with Gasteiger partial charge in [0.2, 0.25) is 16.3 Å². The molecular weight excluding hydrogens is 167 g/mol. The number of hydrogen-bond donors (Lipinski definition) is 0. The molecule has 1 aliphatic carbocycles. The normalized spacial score (nSPS) is 19.1. The van der Waals surface area contributed by atoms with Crippen molar-refractivity contribution in [3.63, 3.8) is 0 Å². The number of carbonyl (C=O) groups excluding carboxylic acids is 1. The fourth-order valence-electron chi connectivity index (χ4n) is 1.29. The molecule has 0 aromatic heterocycles. The van der Waals surface area contributed by atoms with Gasteiger partial charge in [-0.25, -0.2) is 0 Å². The van der Waals surface area contributed by atoms with Gasteiger partial charge in [-0.15, -0.1) is 0 Å². The van der Waals surface area contributed by atoms with Crippen molar-refractivity contribution in [1.29, 1.82) is 0 Å². The Balaban J connectivity index is 2.56. The van der Waals surface area contributed by atoms with Gasteiger partial charge in [-0.3, -0.25) is 4.79 Å². The highest BCUT2D eigenvalue weighted by molar-refractivity contribution is 6.23. The summed E-state index contributed by atoms with van der Waals surface area (Å²) in [6, 6.07) is 0. The molecule has 0 radical (unpaired) electrons. The van der Waals surface area contributed by atoms with Crippen LogP contribution in [0.1, 0.15) is 6.42 Å². The van der Waals surface area contributed by atoms with Crippen molar-refractivity contribution in [3.05, 3.63) is 24.3 Å². The minimum Gasteiger partial charge on any atom is -0.470 e. The molecule has 0 aliphatic heterocycles. The number of allylic oxidation sites excluding steroid dienone is 4. The Hall–Kier alpha value is -0.518. The Kier molecular flexibility index (Phi) is 3.58. The molecule has 1 rings (SSSR count). The van der Waals surface area contributed by atoms with Crippen LogP contribution >= 0.6 is 0 Å². The van der Waals surface area contributed by atoms with Gasteiger partial charge in [0, 0.05) is 4.78 Å². The van der Waals surface area contributed by atoms with E-state index in [0.717, 1.165) is 22.7 Å². The zero-order valence-corrected chi connectivity index (χ0v) is 9.49. The molecule has 0 unspecified atom stereocenters. The van der Waals surface area contributed by atoms with E-state index in [0.29, 0.717) is 0 Å². The zero-order valence-electron chi connectivity index (χ0n) is 7.49. The maximum atomic E-state index is 11.2. The molecule has 0 aromatic rings. The molecule has 0 saturated heterocycles. The topological polar surface area (TPSA) is 26.3 Å². The Bertz CT molecular complexity index is 209. The summed E-state index contributed by atoms with van der Waals surface area (Å²) in [5.41, 5.74) is 0. The van der Waals surface area contributed by atoms with Crippen LogP contribution in [0.4, 0.5) is 0 Å². The van der Waals surface area contributed by atoms with E-state index >= 15 is 0 Å². The molecule has 3 heteroatoms. The number of carbonyl (C=O) groups is 1. The van der Waals surface area contributed by atoms with E-state index in [2.05, 4.69) is 24.3 Å². The Morgan fingerprint density at radius 2 is 2.17 bits per heavy atom. The summed E-state index contributed by atoms with van der Waals surface area (Å²) < 4.78 is 4.77. The summed E-state index contributed by atoms with van der Waals surface area (Å²) in [5.74, 6) is 0.195. The van der Waals surface area contributed by atoms with Gasteiger partial charge in [-0.05, 0) is 12.3 Å². The van der Waals surface area contributed by atoms with Gasteiger partial charge in [0.15, 0.2) is 0 Å². The van der Waals surface area contributed by atoms with Crippen LogP contribution in [0.2, 0.25) is 4.78 Å². The fraction of sp³-hybridized carbons (Fsp3) is 0.444. The molecule has 1 aliphatic rings. The highest BCUT2D eigenvalue weighted by atomic mass is 27.0. The van der Waals surface area contributed by atoms with E-state index in [1.807, 2.05) is 0 Å². The van der Waals surface area contributed by atoms with Crippen LogP contribution in [0.3, 0.4) is 0 Å². The number of rotatable bonds is 2. The van der Waals surface area contributed by atoms with E-state index < -0.39 is 0 Å². The molecule has 12 heavy (non-hydrogen) atoms. The van der Waals surface area contributed by atoms with E-state index in [1.165, 1.54) is 7.11 Å². The van der Waals surface area contributed by atoms with Crippen molar-refractivity contribution in [2.45, 2.75) is 11.2 Å². The molecule has 0 aromatic carbocycles. The van der Waals surface area contributed by atoms with E-state index in [1.54, 1.807) is 0 Å². The highest BCUT2D eigenvalue weighted by Gasteiger charge is 2.20. The molecule has 2 nitrogen and oxygen atoms in total. The van der Waals surface area contributed by atoms with Crippen LogP contribution in [0.5, 0.6) is 0 Å². The smallest absolute Gasteiger partial charge is 0.295 e. The summed E-state index contributed by atoms with van der Waals surface area (Å²) in [5, 5.41) is 0. The molecule has 0 bridgehead atoms. The first kappa shape index (κ1) is 9.57. The fourth-order valence-corrected chi connectivity index (χ4v) is 1.97. The van der Waals surface area contributed by atoms with Crippen molar-refractivity contribution in [2.75, 3.05) is 7.11 Å². The lowest BCUT2D eigenvalue weighted by Gasteiger charge is -2.17. The average Bonchev–Trinajstić information content (AvgIpc) is 2.17. The number of ether oxygens (including phenoxy) is 1. The highest BCUT2D eigenvalue weighted by Crippen LogP contribution is 2.22. The molecule has 0 spiro atoms. The van der Waals surface area contributed by atoms with Crippen LogP contribution in [-0.4, -0.2) is 29.4 Å².